The van der Waals surface area contributed by atoms with E-state index < -0.39 is 25.1 Å². The van der Waals surface area contributed by atoms with Gasteiger partial charge in [0.15, 0.2) is 0 Å². The van der Waals surface area contributed by atoms with Gasteiger partial charge in [-0.05, 0) is 39.5 Å². The SMILES string of the molecule is CC(C)(C)OC(=O)N[C@](O)(CCCC1CCCCC1)[Si](C)(C)C. The lowest BCUT2D eigenvalue weighted by molar-refractivity contribution is 0.0172. The van der Waals surface area contributed by atoms with Gasteiger partial charge in [-0.3, -0.25) is 5.32 Å². The molecule has 2 N–H and O–H groups in total. The Morgan fingerprint density at radius 2 is 1.74 bits per heavy atom. The standard InChI is InChI=1S/C18H37NO3Si/c1-17(2,3)22-16(20)19-18(21,23(4,5)6)14-10-13-15-11-8-7-9-12-15/h15,21H,7-14H2,1-6H3,(H,19,20)/t18-/m0/s1. The lowest BCUT2D eigenvalue weighted by atomic mass is 9.86. The highest BCUT2D eigenvalue weighted by Crippen LogP contribution is 2.30. The molecule has 1 fully saturated rings. The Morgan fingerprint density at radius 1 is 1.17 bits per heavy atom. The third kappa shape index (κ3) is 7.25. The van der Waals surface area contributed by atoms with Crippen LogP contribution in [0.5, 0.6) is 0 Å². The quantitative estimate of drug-likeness (QED) is 0.536. The number of nitrogens with one attached hydrogen (secondary N) is 1. The van der Waals surface area contributed by atoms with Crippen LogP contribution in [0, 0.1) is 5.92 Å². The Balaban J connectivity index is 2.58. The Kier molecular flexibility index (Phi) is 7.14. The van der Waals surface area contributed by atoms with E-state index in [1.165, 1.54) is 32.1 Å². The summed E-state index contributed by atoms with van der Waals surface area (Å²) in [7, 11) is -1.99. The first-order chi connectivity index (χ1) is 10.4. The molecule has 1 aliphatic rings. The summed E-state index contributed by atoms with van der Waals surface area (Å²) in [6.07, 6.45) is 8.94. The first kappa shape index (κ1) is 20.5. The number of hydrogen-bond donors (Lipinski definition) is 2. The molecule has 0 radical (unpaired) electrons. The van der Waals surface area contributed by atoms with E-state index in [2.05, 4.69) is 25.0 Å². The third-order valence-corrected chi connectivity index (χ3v) is 7.68. The van der Waals surface area contributed by atoms with Crippen molar-refractivity contribution < 1.29 is 14.6 Å². The molecule has 0 spiro atoms. The summed E-state index contributed by atoms with van der Waals surface area (Å²) in [5, 5.41) is 12.8. The Bertz CT molecular complexity index is 381. The summed E-state index contributed by atoms with van der Waals surface area (Å²) in [5.74, 6) is 0.802. The predicted molar refractivity (Wildman–Crippen MR) is 98.1 cm³/mol. The summed E-state index contributed by atoms with van der Waals surface area (Å²) < 4.78 is 5.34. The van der Waals surface area contributed by atoms with Crippen molar-refractivity contribution in [2.75, 3.05) is 0 Å². The molecule has 0 aromatic rings. The molecule has 1 atom stereocenters. The van der Waals surface area contributed by atoms with E-state index in [4.69, 9.17) is 4.74 Å². The molecule has 0 heterocycles. The Hall–Kier alpha value is -0.553. The van der Waals surface area contributed by atoms with Crippen LogP contribution in [0.2, 0.25) is 19.6 Å². The zero-order valence-corrected chi connectivity index (χ0v) is 17.0. The molecule has 0 saturated heterocycles. The molecule has 0 aromatic heterocycles. The third-order valence-electron chi connectivity index (χ3n) is 4.82. The number of carbonyl (C=O) groups excluding carboxylic acids is 1. The normalized spacial score (nSPS) is 20.0. The molecule has 1 amide bonds. The van der Waals surface area contributed by atoms with Gasteiger partial charge in [-0.2, -0.15) is 0 Å². The number of aliphatic hydroxyl groups is 1. The van der Waals surface area contributed by atoms with Gasteiger partial charge in [-0.1, -0.05) is 58.2 Å². The predicted octanol–water partition coefficient (Wildman–Crippen LogP) is 4.83. The molecule has 1 aliphatic carbocycles. The second-order valence-corrected chi connectivity index (χ2v) is 14.5. The van der Waals surface area contributed by atoms with Crippen molar-refractivity contribution in [1.82, 2.24) is 5.32 Å². The minimum Gasteiger partial charge on any atom is -0.444 e. The van der Waals surface area contributed by atoms with Gasteiger partial charge in [0, 0.05) is 0 Å². The van der Waals surface area contributed by atoms with E-state index >= 15 is 0 Å². The molecule has 0 bridgehead atoms. The number of hydrogen-bond acceptors (Lipinski definition) is 3. The van der Waals surface area contributed by atoms with Crippen LogP contribution in [0.25, 0.3) is 0 Å². The summed E-state index contributed by atoms with van der Waals surface area (Å²) >= 11 is 0. The molecule has 5 heteroatoms. The second kappa shape index (κ2) is 8.02. The van der Waals surface area contributed by atoms with E-state index in [0.29, 0.717) is 6.42 Å². The van der Waals surface area contributed by atoms with Gasteiger partial charge in [-0.25, -0.2) is 4.79 Å². The minimum absolute atomic E-state index is 0.514. The molecule has 136 valence electrons. The fraction of sp³-hybridized carbons (Fsp3) is 0.944. The van der Waals surface area contributed by atoms with Crippen LogP contribution in [0.4, 0.5) is 4.79 Å². The molecular weight excluding hydrogens is 306 g/mol. The molecule has 4 nitrogen and oxygen atoms in total. The van der Waals surface area contributed by atoms with Crippen LogP contribution in [0.1, 0.15) is 72.1 Å². The first-order valence-corrected chi connectivity index (χ1v) is 12.7. The fourth-order valence-corrected chi connectivity index (χ4v) is 4.62. The number of amides is 1. The average molecular weight is 344 g/mol. The van der Waals surface area contributed by atoms with Crippen molar-refractivity contribution in [2.24, 2.45) is 5.92 Å². The van der Waals surface area contributed by atoms with Gasteiger partial charge in [0.2, 0.25) is 0 Å². The van der Waals surface area contributed by atoms with E-state index in [9.17, 15) is 9.90 Å². The topological polar surface area (TPSA) is 58.6 Å². The maximum Gasteiger partial charge on any atom is 0.409 e. The summed E-state index contributed by atoms with van der Waals surface area (Å²) in [5.41, 5.74) is -0.549. The Labute approximate surface area is 143 Å². The summed E-state index contributed by atoms with van der Waals surface area (Å²) in [4.78, 5) is 12.1. The van der Waals surface area contributed by atoms with Crippen LogP contribution in [-0.4, -0.2) is 30.2 Å². The lowest BCUT2D eigenvalue weighted by Crippen LogP contribution is -2.64. The monoisotopic (exact) mass is 343 g/mol. The molecule has 23 heavy (non-hydrogen) atoms. The summed E-state index contributed by atoms with van der Waals surface area (Å²) in [6, 6.07) is 0. The van der Waals surface area contributed by atoms with Gasteiger partial charge in [-0.15, -0.1) is 0 Å². The summed E-state index contributed by atoms with van der Waals surface area (Å²) in [6.45, 7) is 11.8. The molecule has 0 aliphatic heterocycles. The van der Waals surface area contributed by atoms with Gasteiger partial charge >= 0.3 is 6.09 Å². The average Bonchev–Trinajstić information content (AvgIpc) is 2.36. The van der Waals surface area contributed by atoms with Crippen LogP contribution in [-0.2, 0) is 4.74 Å². The van der Waals surface area contributed by atoms with E-state index in [-0.39, 0.29) is 0 Å². The molecule has 1 rings (SSSR count). The lowest BCUT2D eigenvalue weighted by Gasteiger charge is -2.40. The first-order valence-electron chi connectivity index (χ1n) is 9.16. The molecule has 0 aromatic carbocycles. The van der Waals surface area contributed by atoms with Gasteiger partial charge < -0.3 is 9.84 Å². The van der Waals surface area contributed by atoms with E-state index in [0.717, 1.165) is 18.8 Å². The Morgan fingerprint density at radius 3 is 2.22 bits per heavy atom. The minimum atomic E-state index is -1.99. The van der Waals surface area contributed by atoms with Gasteiger partial charge in [0.05, 0.1) is 0 Å². The zero-order chi connectivity index (χ0) is 17.7. The molecular formula is C18H37NO3Si. The molecule has 1 saturated carbocycles. The number of carbonyl (C=O) groups is 1. The van der Waals surface area contributed by atoms with Crippen molar-refractivity contribution in [3.63, 3.8) is 0 Å². The smallest absolute Gasteiger partial charge is 0.409 e. The van der Waals surface area contributed by atoms with Crippen LogP contribution < -0.4 is 5.32 Å². The van der Waals surface area contributed by atoms with Crippen molar-refractivity contribution >= 4 is 14.2 Å². The van der Waals surface area contributed by atoms with E-state index in [1.54, 1.807) is 0 Å². The van der Waals surface area contributed by atoms with Crippen molar-refractivity contribution in [3.8, 4) is 0 Å². The van der Waals surface area contributed by atoms with Gasteiger partial charge in [0.1, 0.15) is 19.0 Å². The fourth-order valence-electron chi connectivity index (χ4n) is 3.22. The van der Waals surface area contributed by atoms with Gasteiger partial charge in [0.25, 0.3) is 0 Å². The molecule has 0 unspecified atom stereocenters. The van der Waals surface area contributed by atoms with Crippen molar-refractivity contribution in [1.29, 1.82) is 0 Å². The number of ether oxygens (including phenoxy) is 1. The highest BCUT2D eigenvalue weighted by Gasteiger charge is 2.43. The maximum absolute atomic E-state index is 12.1. The maximum atomic E-state index is 12.1. The van der Waals surface area contributed by atoms with Crippen molar-refractivity contribution in [3.05, 3.63) is 0 Å². The number of alkyl carbamates (subject to hydrolysis) is 1. The van der Waals surface area contributed by atoms with E-state index in [1.807, 2.05) is 20.8 Å². The van der Waals surface area contributed by atoms with Crippen LogP contribution in [0.3, 0.4) is 0 Å². The largest absolute Gasteiger partial charge is 0.444 e. The number of rotatable bonds is 6. The van der Waals surface area contributed by atoms with Crippen LogP contribution in [0.15, 0.2) is 0 Å². The van der Waals surface area contributed by atoms with Crippen molar-refractivity contribution in [2.45, 2.75) is 103 Å². The highest BCUT2D eigenvalue weighted by molar-refractivity contribution is 6.78. The highest BCUT2D eigenvalue weighted by atomic mass is 28.3. The zero-order valence-electron chi connectivity index (χ0n) is 16.0. The van der Waals surface area contributed by atoms with Crippen LogP contribution >= 0.6 is 0 Å². The second-order valence-electron chi connectivity index (χ2n) is 9.13.